The normalized spacial score (nSPS) is 20.0. The van der Waals surface area contributed by atoms with Crippen LogP contribution in [0.25, 0.3) is 0 Å². The second-order valence-corrected chi connectivity index (χ2v) is 5.43. The number of rotatable bonds is 6. The van der Waals surface area contributed by atoms with E-state index >= 15 is 0 Å². The summed E-state index contributed by atoms with van der Waals surface area (Å²) in [5.74, 6) is -0.704. The van der Waals surface area contributed by atoms with Crippen molar-refractivity contribution in [1.29, 1.82) is 0 Å². The summed E-state index contributed by atoms with van der Waals surface area (Å²) in [5.41, 5.74) is 3.46. The molecule has 0 aromatic heterocycles. The van der Waals surface area contributed by atoms with Crippen LogP contribution in [0.15, 0.2) is 23.2 Å². The van der Waals surface area contributed by atoms with Crippen molar-refractivity contribution in [1.82, 2.24) is 0 Å². The van der Waals surface area contributed by atoms with Crippen LogP contribution in [-0.2, 0) is 10.2 Å². The first-order valence-corrected chi connectivity index (χ1v) is 6.82. The van der Waals surface area contributed by atoms with Gasteiger partial charge in [-0.3, -0.25) is 9.79 Å². The summed E-state index contributed by atoms with van der Waals surface area (Å²) in [6.45, 7) is 4.31. The van der Waals surface area contributed by atoms with Gasteiger partial charge in [0.15, 0.2) is 0 Å². The Morgan fingerprint density at radius 3 is 2.85 bits per heavy atom. The molecule has 0 radical (unpaired) electrons. The molecule has 1 N–H and O–H groups in total. The van der Waals surface area contributed by atoms with Crippen LogP contribution < -0.4 is 51.4 Å². The Kier molecular flexibility index (Phi) is 7.08. The van der Waals surface area contributed by atoms with E-state index in [9.17, 15) is 4.79 Å². The molecule has 2 rings (SSSR count). The molecule has 0 fully saturated rings. The third-order valence-electron chi connectivity index (χ3n) is 4.09. The van der Waals surface area contributed by atoms with Gasteiger partial charge in [0.1, 0.15) is 0 Å². The van der Waals surface area contributed by atoms with Crippen LogP contribution in [-0.4, -0.2) is 16.8 Å². The molecule has 0 aliphatic carbocycles. The number of aliphatic carboxylic acids is 1. The third-order valence-corrected chi connectivity index (χ3v) is 4.09. The van der Waals surface area contributed by atoms with Gasteiger partial charge in [-0.2, -0.15) is 18.2 Å². The molecule has 102 valence electrons. The summed E-state index contributed by atoms with van der Waals surface area (Å²) in [7, 11) is 0. The van der Waals surface area contributed by atoms with E-state index < -0.39 is 5.97 Å². The van der Waals surface area contributed by atoms with E-state index in [-0.39, 0.29) is 63.2 Å². The van der Waals surface area contributed by atoms with Crippen LogP contribution in [0.3, 0.4) is 0 Å². The fourth-order valence-corrected chi connectivity index (χ4v) is 2.71. The van der Waals surface area contributed by atoms with Gasteiger partial charge in [-0.15, -0.1) is 11.6 Å². The maximum Gasteiger partial charge on any atom is 1.00 e. The zero-order valence-corrected chi connectivity index (χ0v) is 15.7. The SMILES string of the molecule is CC1=Nc2cc[c-]cc2C1(C)CCCCCC(=O)O.[K+]. The van der Waals surface area contributed by atoms with Crippen LogP contribution in [0.4, 0.5) is 5.69 Å². The number of nitrogens with zero attached hydrogens (tertiary/aromatic N) is 1. The second-order valence-electron chi connectivity index (χ2n) is 5.43. The number of carboxylic acid groups (broad SMARTS) is 1. The number of aliphatic imine (C=N–C) groups is 1. The summed E-state index contributed by atoms with van der Waals surface area (Å²) in [6, 6.07) is 9.07. The molecule has 1 unspecified atom stereocenters. The average Bonchev–Trinajstić information content (AvgIpc) is 2.62. The van der Waals surface area contributed by atoms with Crippen LogP contribution in [0.5, 0.6) is 0 Å². The predicted octanol–water partition coefficient (Wildman–Crippen LogP) is 0.890. The molecule has 3 nitrogen and oxygen atoms in total. The molecule has 20 heavy (non-hydrogen) atoms. The molecule has 0 amide bonds. The van der Waals surface area contributed by atoms with E-state index in [1.807, 2.05) is 18.2 Å². The maximum absolute atomic E-state index is 10.5. The monoisotopic (exact) mass is 297 g/mol. The average molecular weight is 297 g/mol. The molecule has 1 aliphatic rings. The first-order valence-electron chi connectivity index (χ1n) is 6.82. The van der Waals surface area contributed by atoms with E-state index in [1.165, 1.54) is 5.56 Å². The van der Waals surface area contributed by atoms with Gasteiger partial charge in [-0.25, -0.2) is 0 Å². The molecule has 1 aromatic rings. The third kappa shape index (κ3) is 4.01. The predicted molar refractivity (Wildman–Crippen MR) is 76.1 cm³/mol. The van der Waals surface area contributed by atoms with Crippen LogP contribution in [0.1, 0.15) is 51.5 Å². The quantitative estimate of drug-likeness (QED) is 0.482. The van der Waals surface area contributed by atoms with E-state index in [2.05, 4.69) is 24.9 Å². The summed E-state index contributed by atoms with van der Waals surface area (Å²) >= 11 is 0. The van der Waals surface area contributed by atoms with Crippen molar-refractivity contribution in [2.75, 3.05) is 0 Å². The van der Waals surface area contributed by atoms with Crippen molar-refractivity contribution >= 4 is 17.4 Å². The van der Waals surface area contributed by atoms with Crippen molar-refractivity contribution in [2.24, 2.45) is 4.99 Å². The number of benzene rings is 1. The van der Waals surface area contributed by atoms with Crippen LogP contribution in [0, 0.1) is 6.07 Å². The number of unbranched alkanes of at least 4 members (excludes halogenated alkanes) is 2. The van der Waals surface area contributed by atoms with Gasteiger partial charge in [0.25, 0.3) is 0 Å². The molecule has 1 aliphatic heterocycles. The molecule has 1 heterocycles. The van der Waals surface area contributed by atoms with Crippen LogP contribution in [0.2, 0.25) is 0 Å². The molecule has 0 bridgehead atoms. The Hall–Kier alpha value is -0.00364. The molecule has 0 spiro atoms. The van der Waals surface area contributed by atoms with Crippen molar-refractivity contribution in [3.63, 3.8) is 0 Å². The Labute approximate surface area is 163 Å². The first-order chi connectivity index (χ1) is 9.04. The summed E-state index contributed by atoms with van der Waals surface area (Å²) in [4.78, 5) is 15.1. The van der Waals surface area contributed by atoms with Gasteiger partial charge < -0.3 is 5.11 Å². The molecular formula is C16H20KNO2. The number of carbonyl (C=O) groups is 1. The molecular weight excluding hydrogens is 277 g/mol. The minimum Gasteiger partial charge on any atom is -0.481 e. The number of carboxylic acids is 1. The maximum atomic E-state index is 10.5. The largest absolute Gasteiger partial charge is 1.00 e. The smallest absolute Gasteiger partial charge is 0.481 e. The van der Waals surface area contributed by atoms with E-state index in [0.717, 1.165) is 37.1 Å². The van der Waals surface area contributed by atoms with E-state index in [0.29, 0.717) is 0 Å². The zero-order chi connectivity index (χ0) is 13.9. The number of hydrogen-bond acceptors (Lipinski definition) is 2. The number of hydrogen-bond donors (Lipinski definition) is 1. The Balaban J connectivity index is 0.00000200. The Morgan fingerprint density at radius 2 is 2.15 bits per heavy atom. The zero-order valence-electron chi connectivity index (χ0n) is 12.6. The van der Waals surface area contributed by atoms with Crippen molar-refractivity contribution in [3.05, 3.63) is 29.8 Å². The van der Waals surface area contributed by atoms with E-state index in [1.54, 1.807) is 0 Å². The minimum absolute atomic E-state index is 0. The van der Waals surface area contributed by atoms with Gasteiger partial charge in [0.2, 0.25) is 0 Å². The Morgan fingerprint density at radius 1 is 1.40 bits per heavy atom. The molecule has 1 atom stereocenters. The molecule has 4 heteroatoms. The van der Waals surface area contributed by atoms with Gasteiger partial charge in [0.05, 0.1) is 0 Å². The first kappa shape index (κ1) is 18.0. The fourth-order valence-electron chi connectivity index (χ4n) is 2.71. The molecule has 0 saturated carbocycles. The van der Waals surface area contributed by atoms with E-state index in [4.69, 9.17) is 5.11 Å². The topological polar surface area (TPSA) is 49.7 Å². The summed E-state index contributed by atoms with van der Waals surface area (Å²) in [5, 5.41) is 8.62. The molecule has 1 aromatic carbocycles. The van der Waals surface area contributed by atoms with Gasteiger partial charge in [-0.1, -0.05) is 19.8 Å². The van der Waals surface area contributed by atoms with Crippen molar-refractivity contribution in [3.8, 4) is 0 Å². The van der Waals surface area contributed by atoms with Crippen LogP contribution >= 0.6 is 0 Å². The van der Waals surface area contributed by atoms with Gasteiger partial charge >= 0.3 is 57.4 Å². The Bertz CT molecular complexity index is 513. The molecule has 0 saturated heterocycles. The number of fused-ring (bicyclic) bond motifs is 1. The second kappa shape index (κ2) is 7.85. The van der Waals surface area contributed by atoms with Crippen molar-refractivity contribution in [2.45, 2.75) is 51.4 Å². The van der Waals surface area contributed by atoms with Gasteiger partial charge in [0, 0.05) is 12.1 Å². The summed E-state index contributed by atoms with van der Waals surface area (Å²) in [6.07, 6.45) is 4.04. The minimum atomic E-state index is -0.704. The van der Waals surface area contributed by atoms with Crippen molar-refractivity contribution < 1.29 is 61.3 Å². The fraction of sp³-hybridized carbons (Fsp3) is 0.500. The standard InChI is InChI=1S/C16H20NO2.K/c1-12-16(2,11-7-3-4-10-15(18)19)13-8-5-6-9-14(13)17-12;/h6,8-9H,3-4,7,10-11H2,1-2H3,(H,18,19);/q-1;+1. The summed E-state index contributed by atoms with van der Waals surface area (Å²) < 4.78 is 0. The van der Waals surface area contributed by atoms with Gasteiger partial charge in [-0.05, 0) is 30.9 Å².